The number of carbonyl (C=O) groups excluding carboxylic acids is 3. The van der Waals surface area contributed by atoms with Crippen LogP contribution in [0.3, 0.4) is 0 Å². The van der Waals surface area contributed by atoms with E-state index in [4.69, 9.17) is 11.6 Å². The minimum Gasteiger partial charge on any atom is -0.292 e. The van der Waals surface area contributed by atoms with Gasteiger partial charge in [-0.05, 0) is 59.7 Å². The monoisotopic (exact) mass is 473 g/mol. The molecule has 6 rings (SSSR count). The first-order valence-electron chi connectivity index (χ1n) is 10.8. The van der Waals surface area contributed by atoms with Gasteiger partial charge in [0.15, 0.2) is 5.78 Å². The van der Waals surface area contributed by atoms with Crippen molar-refractivity contribution >= 4 is 41.1 Å². The number of hydrogen-bond acceptors (Lipinski definition) is 5. The van der Waals surface area contributed by atoms with Crippen LogP contribution in [0, 0.1) is 17.7 Å². The van der Waals surface area contributed by atoms with Crippen LogP contribution < -0.4 is 4.90 Å². The van der Waals surface area contributed by atoms with Gasteiger partial charge in [0.2, 0.25) is 11.8 Å². The Labute approximate surface area is 199 Å². The summed E-state index contributed by atoms with van der Waals surface area (Å²) in [5.41, 5.74) is 2.33. The molecule has 1 unspecified atom stereocenters. The largest absolute Gasteiger partial charge is 0.292 e. The van der Waals surface area contributed by atoms with Crippen molar-refractivity contribution in [3.63, 3.8) is 0 Å². The average Bonchev–Trinajstić information content (AvgIpc) is 3.32. The predicted octanol–water partition coefficient (Wildman–Crippen LogP) is 4.24. The fraction of sp³-hybridized carbons (Fsp3) is 0.154. The zero-order chi connectivity index (χ0) is 23.6. The molecule has 4 atom stereocenters. The van der Waals surface area contributed by atoms with E-state index in [0.29, 0.717) is 10.7 Å². The number of rotatable bonds is 3. The van der Waals surface area contributed by atoms with E-state index in [2.05, 4.69) is 5.10 Å². The van der Waals surface area contributed by atoms with E-state index in [1.807, 2.05) is 24.3 Å². The van der Waals surface area contributed by atoms with Gasteiger partial charge in [-0.1, -0.05) is 35.9 Å². The summed E-state index contributed by atoms with van der Waals surface area (Å²) in [5.74, 6) is -3.42. The van der Waals surface area contributed by atoms with Gasteiger partial charge in [-0.3, -0.25) is 19.4 Å². The van der Waals surface area contributed by atoms with E-state index in [-0.39, 0.29) is 17.3 Å². The van der Waals surface area contributed by atoms with Crippen molar-refractivity contribution in [2.24, 2.45) is 16.9 Å². The summed E-state index contributed by atoms with van der Waals surface area (Å²) in [4.78, 5) is 42.3. The molecule has 0 aliphatic carbocycles. The summed E-state index contributed by atoms with van der Waals surface area (Å²) in [6, 6.07) is 17.6. The van der Waals surface area contributed by atoms with Gasteiger partial charge in [-0.15, -0.1) is 0 Å². The highest BCUT2D eigenvalue weighted by molar-refractivity contribution is 6.31. The fourth-order valence-electron chi connectivity index (χ4n) is 5.30. The molecule has 3 heterocycles. The first kappa shape index (κ1) is 20.7. The maximum atomic E-state index is 13.7. The number of hydrogen-bond donors (Lipinski definition) is 0. The second-order valence-electron chi connectivity index (χ2n) is 8.55. The van der Waals surface area contributed by atoms with Crippen LogP contribution >= 0.6 is 11.6 Å². The third-order valence-electron chi connectivity index (χ3n) is 6.78. The molecule has 3 aromatic carbocycles. The number of ketones is 1. The second-order valence-corrected chi connectivity index (χ2v) is 8.99. The third kappa shape index (κ3) is 2.93. The Morgan fingerprint density at radius 1 is 0.882 bits per heavy atom. The van der Waals surface area contributed by atoms with Crippen LogP contribution in [0.25, 0.3) is 0 Å². The molecule has 8 heteroatoms. The lowest BCUT2D eigenvalue weighted by Gasteiger charge is -2.33. The summed E-state index contributed by atoms with van der Waals surface area (Å²) in [5, 5.41) is 6.57. The first-order valence-corrected chi connectivity index (χ1v) is 11.2. The summed E-state index contributed by atoms with van der Waals surface area (Å²) in [7, 11) is 0. The number of nitrogens with zero attached hydrogens (tertiary/aromatic N) is 3. The Bertz CT molecular complexity index is 1370. The standard InChI is InChI=1S/C26H17ClFN3O3/c27-16-7-11-18(12-8-16)30-25(33)20-21(26(30)34)23(24(32)14-5-9-17(28)10-6-14)31-22(20)19-4-2-1-3-15(19)13-29-31/h1-13,20-23H/t20-,21+,22?,23-/m1/s1. The molecule has 0 spiro atoms. The number of Topliss-reactive ketones (excluding diaryl/α,β-unsaturated/α-hetero) is 1. The topological polar surface area (TPSA) is 70.0 Å². The molecule has 2 fully saturated rings. The molecule has 0 N–H and O–H groups in total. The molecule has 2 amide bonds. The van der Waals surface area contributed by atoms with Crippen molar-refractivity contribution in [2.45, 2.75) is 12.1 Å². The van der Waals surface area contributed by atoms with Gasteiger partial charge in [0.25, 0.3) is 0 Å². The Hall–Kier alpha value is -3.84. The maximum Gasteiger partial charge on any atom is 0.240 e. The van der Waals surface area contributed by atoms with Crippen molar-refractivity contribution in [3.8, 4) is 0 Å². The first-order chi connectivity index (χ1) is 16.5. The van der Waals surface area contributed by atoms with Crippen molar-refractivity contribution in [2.75, 3.05) is 4.90 Å². The highest BCUT2D eigenvalue weighted by Gasteiger charge is 2.65. The van der Waals surface area contributed by atoms with Crippen LogP contribution in [0.4, 0.5) is 10.1 Å². The van der Waals surface area contributed by atoms with E-state index >= 15 is 0 Å². The molecule has 3 aliphatic heterocycles. The molecular weight excluding hydrogens is 457 g/mol. The number of benzene rings is 3. The number of carbonyl (C=O) groups is 3. The molecule has 3 aliphatic rings. The molecule has 168 valence electrons. The smallest absolute Gasteiger partial charge is 0.240 e. The fourth-order valence-corrected chi connectivity index (χ4v) is 5.42. The zero-order valence-corrected chi connectivity index (χ0v) is 18.4. The van der Waals surface area contributed by atoms with E-state index in [9.17, 15) is 18.8 Å². The number of halogens is 2. The van der Waals surface area contributed by atoms with Crippen LogP contribution in [0.1, 0.15) is 27.5 Å². The van der Waals surface area contributed by atoms with Gasteiger partial charge < -0.3 is 0 Å². The van der Waals surface area contributed by atoms with Crippen LogP contribution in [0.5, 0.6) is 0 Å². The van der Waals surface area contributed by atoms with Crippen LogP contribution in [0.2, 0.25) is 5.02 Å². The van der Waals surface area contributed by atoms with Gasteiger partial charge >= 0.3 is 0 Å². The molecule has 0 saturated carbocycles. The summed E-state index contributed by atoms with van der Waals surface area (Å²) >= 11 is 6.00. The van der Waals surface area contributed by atoms with Crippen LogP contribution in [-0.2, 0) is 9.59 Å². The summed E-state index contributed by atoms with van der Waals surface area (Å²) < 4.78 is 13.5. The Kier molecular flexibility index (Phi) is 4.64. The lowest BCUT2D eigenvalue weighted by molar-refractivity contribution is -0.124. The molecule has 2 saturated heterocycles. The van der Waals surface area contributed by atoms with Crippen molar-refractivity contribution < 1.29 is 18.8 Å². The Balaban J connectivity index is 1.49. The SMILES string of the molecule is O=C(c1ccc(F)cc1)[C@H]1[C@H]2C(=O)N(c3ccc(Cl)cc3)C(=O)[C@H]2C2c3ccccc3C=NN21. The predicted molar refractivity (Wildman–Crippen MR) is 124 cm³/mol. The number of hydrazone groups is 1. The second kappa shape index (κ2) is 7.60. The Morgan fingerprint density at radius 2 is 1.56 bits per heavy atom. The van der Waals surface area contributed by atoms with Crippen molar-refractivity contribution in [3.05, 3.63) is 100 Å². The highest BCUT2D eigenvalue weighted by Crippen LogP contribution is 2.53. The molecule has 34 heavy (non-hydrogen) atoms. The van der Waals surface area contributed by atoms with E-state index in [1.165, 1.54) is 24.3 Å². The molecular formula is C26H17ClFN3O3. The van der Waals surface area contributed by atoms with Gasteiger partial charge in [0.1, 0.15) is 11.9 Å². The molecule has 0 radical (unpaired) electrons. The van der Waals surface area contributed by atoms with Gasteiger partial charge in [-0.2, -0.15) is 5.10 Å². The molecule has 0 bridgehead atoms. The van der Waals surface area contributed by atoms with Gasteiger partial charge in [0, 0.05) is 10.6 Å². The minimum atomic E-state index is -1.00. The lowest BCUT2D eigenvalue weighted by Crippen LogP contribution is -2.44. The molecule has 0 aromatic heterocycles. The third-order valence-corrected chi connectivity index (χ3v) is 7.03. The van der Waals surface area contributed by atoms with Crippen molar-refractivity contribution in [1.82, 2.24) is 5.01 Å². The normalized spacial score (nSPS) is 24.8. The average molecular weight is 474 g/mol. The minimum absolute atomic E-state index is 0.255. The van der Waals surface area contributed by atoms with Crippen LogP contribution in [-0.4, -0.2) is 34.9 Å². The molecule has 6 nitrogen and oxygen atoms in total. The van der Waals surface area contributed by atoms with Gasteiger partial charge in [0.05, 0.1) is 29.8 Å². The quantitative estimate of drug-likeness (QED) is 0.421. The number of imide groups is 1. The maximum absolute atomic E-state index is 13.7. The van der Waals surface area contributed by atoms with E-state index in [0.717, 1.165) is 16.0 Å². The summed E-state index contributed by atoms with van der Waals surface area (Å²) in [6.45, 7) is 0. The summed E-state index contributed by atoms with van der Waals surface area (Å²) in [6.07, 6.45) is 1.64. The van der Waals surface area contributed by atoms with E-state index < -0.39 is 35.6 Å². The number of anilines is 1. The van der Waals surface area contributed by atoms with Crippen molar-refractivity contribution in [1.29, 1.82) is 0 Å². The Morgan fingerprint density at radius 3 is 2.29 bits per heavy atom. The number of amides is 2. The van der Waals surface area contributed by atoms with Crippen LogP contribution in [0.15, 0.2) is 77.9 Å². The number of fused-ring (bicyclic) bond motifs is 5. The zero-order valence-electron chi connectivity index (χ0n) is 17.6. The van der Waals surface area contributed by atoms with Gasteiger partial charge in [-0.25, -0.2) is 9.29 Å². The molecule has 3 aromatic rings. The van der Waals surface area contributed by atoms with E-state index in [1.54, 1.807) is 35.5 Å². The lowest BCUT2D eigenvalue weighted by atomic mass is 9.83. The highest BCUT2D eigenvalue weighted by atomic mass is 35.5.